The zero-order valence-corrected chi connectivity index (χ0v) is 19.9. The summed E-state index contributed by atoms with van der Waals surface area (Å²) in [7, 11) is 0. The normalized spacial score (nSPS) is 20.8. The van der Waals surface area contributed by atoms with Crippen LogP contribution in [0.3, 0.4) is 0 Å². The van der Waals surface area contributed by atoms with E-state index < -0.39 is 0 Å². The van der Waals surface area contributed by atoms with Crippen LogP contribution in [0.15, 0.2) is 36.4 Å². The van der Waals surface area contributed by atoms with Crippen LogP contribution in [-0.4, -0.2) is 25.2 Å². The second kappa shape index (κ2) is 10.5. The molecule has 4 amide bonds. The minimum Gasteiger partial charge on any atom is -0.338 e. The topological polar surface area (TPSA) is 82.3 Å². The van der Waals surface area contributed by atoms with Gasteiger partial charge in [0.2, 0.25) is 0 Å². The summed E-state index contributed by atoms with van der Waals surface area (Å²) in [5.41, 5.74) is 7.29. The number of amides is 4. The summed E-state index contributed by atoms with van der Waals surface area (Å²) >= 11 is 0. The van der Waals surface area contributed by atoms with Gasteiger partial charge in [-0.2, -0.15) is 0 Å². The molecule has 0 heterocycles. The first-order chi connectivity index (χ1) is 16.6. The average molecular weight is 461 g/mol. The number of fused-ring (bicyclic) bond motifs is 2. The van der Waals surface area contributed by atoms with E-state index >= 15 is 0 Å². The molecule has 0 saturated heterocycles. The van der Waals surface area contributed by atoms with Crippen LogP contribution in [0.2, 0.25) is 0 Å². The van der Waals surface area contributed by atoms with Crippen molar-refractivity contribution in [2.75, 3.05) is 23.7 Å². The Balaban J connectivity index is 1.02. The van der Waals surface area contributed by atoms with Crippen molar-refractivity contribution in [2.24, 2.45) is 11.8 Å². The highest BCUT2D eigenvalue weighted by atomic mass is 16.2. The highest BCUT2D eigenvalue weighted by molar-refractivity contribution is 5.90. The van der Waals surface area contributed by atoms with E-state index in [2.05, 4.69) is 45.5 Å². The minimum absolute atomic E-state index is 0.132. The Morgan fingerprint density at radius 3 is 1.62 bits per heavy atom. The van der Waals surface area contributed by atoms with Gasteiger partial charge < -0.3 is 21.3 Å². The molecular formula is C28H36N4O2. The van der Waals surface area contributed by atoms with Crippen LogP contribution >= 0.6 is 0 Å². The van der Waals surface area contributed by atoms with E-state index in [1.807, 2.05) is 12.1 Å². The van der Waals surface area contributed by atoms with Crippen molar-refractivity contribution in [1.29, 1.82) is 0 Å². The average Bonchev–Trinajstić information content (AvgIpc) is 3.50. The summed E-state index contributed by atoms with van der Waals surface area (Å²) in [6.07, 6.45) is 11.3. The predicted octanol–water partition coefficient (Wildman–Crippen LogP) is 5.41. The lowest BCUT2D eigenvalue weighted by Crippen LogP contribution is -2.38. The first-order valence-electron chi connectivity index (χ1n) is 13.0. The second-order valence-corrected chi connectivity index (χ2v) is 10.2. The molecule has 0 unspecified atom stereocenters. The number of hydrogen-bond acceptors (Lipinski definition) is 2. The van der Waals surface area contributed by atoms with Crippen LogP contribution in [0.1, 0.15) is 60.8 Å². The van der Waals surface area contributed by atoms with E-state index in [0.29, 0.717) is 24.9 Å². The molecule has 1 fully saturated rings. The maximum absolute atomic E-state index is 12.4. The van der Waals surface area contributed by atoms with Gasteiger partial charge in [-0.05, 0) is 116 Å². The molecule has 0 spiro atoms. The fourth-order valence-corrected chi connectivity index (χ4v) is 5.90. The molecule has 6 nitrogen and oxygen atoms in total. The Kier molecular flexibility index (Phi) is 7.02. The van der Waals surface area contributed by atoms with Crippen LogP contribution < -0.4 is 21.3 Å². The highest BCUT2D eigenvalue weighted by Gasteiger charge is 2.23. The fourth-order valence-electron chi connectivity index (χ4n) is 5.90. The first kappa shape index (κ1) is 22.8. The summed E-state index contributed by atoms with van der Waals surface area (Å²) in [6.45, 7) is 1.35. The molecule has 2 aromatic carbocycles. The largest absolute Gasteiger partial charge is 0.338 e. The third-order valence-corrected chi connectivity index (χ3v) is 7.71. The van der Waals surface area contributed by atoms with Crippen LogP contribution in [0.5, 0.6) is 0 Å². The molecule has 3 aliphatic carbocycles. The highest BCUT2D eigenvalue weighted by Crippen LogP contribution is 2.29. The summed E-state index contributed by atoms with van der Waals surface area (Å²) in [5, 5.41) is 12.1. The van der Waals surface area contributed by atoms with Gasteiger partial charge in [0, 0.05) is 24.5 Å². The van der Waals surface area contributed by atoms with Crippen molar-refractivity contribution in [3.05, 3.63) is 58.7 Å². The van der Waals surface area contributed by atoms with Gasteiger partial charge in [-0.25, -0.2) is 9.59 Å². The SMILES string of the molecule is O=C(NC[C@@H]1CCC[C@@H](CNC(=O)Nc2ccc3c(c2)CCC3)C1)Nc1ccc2c(c1)CCC2. The van der Waals surface area contributed by atoms with E-state index in [1.54, 1.807) is 0 Å². The third-order valence-electron chi connectivity index (χ3n) is 7.71. The van der Waals surface area contributed by atoms with E-state index in [1.165, 1.54) is 35.1 Å². The number of carbonyl (C=O) groups excluding carboxylic acids is 2. The van der Waals surface area contributed by atoms with Crippen molar-refractivity contribution in [3.63, 3.8) is 0 Å². The van der Waals surface area contributed by atoms with Gasteiger partial charge >= 0.3 is 12.1 Å². The number of rotatable bonds is 6. The number of anilines is 2. The number of carbonyl (C=O) groups is 2. The molecule has 2 aromatic rings. The molecule has 4 N–H and O–H groups in total. The van der Waals surface area contributed by atoms with Gasteiger partial charge in [0.25, 0.3) is 0 Å². The maximum atomic E-state index is 12.4. The van der Waals surface area contributed by atoms with Crippen molar-refractivity contribution in [1.82, 2.24) is 10.6 Å². The summed E-state index contributed by atoms with van der Waals surface area (Å²) in [6, 6.07) is 12.2. The fraction of sp³-hybridized carbons (Fsp3) is 0.500. The van der Waals surface area contributed by atoms with E-state index in [4.69, 9.17) is 0 Å². The van der Waals surface area contributed by atoms with Crippen LogP contribution in [0.25, 0.3) is 0 Å². The Bertz CT molecular complexity index is 969. The predicted molar refractivity (Wildman–Crippen MR) is 136 cm³/mol. The lowest BCUT2D eigenvalue weighted by molar-refractivity contribution is 0.230. The van der Waals surface area contributed by atoms with E-state index in [0.717, 1.165) is 62.7 Å². The standard InChI is InChI=1S/C28H36N4O2/c33-27(31-25-12-10-21-6-2-8-23(21)15-25)29-17-19-4-1-5-20(14-19)18-30-28(34)32-26-13-11-22-7-3-9-24(22)16-26/h10-13,15-16,19-20H,1-9,14,17-18H2,(H2,29,31,33)(H2,30,32,34)/t19-,20-/m1/s1. The van der Waals surface area contributed by atoms with Gasteiger partial charge in [-0.3, -0.25) is 0 Å². The number of urea groups is 2. The molecular weight excluding hydrogens is 424 g/mol. The van der Waals surface area contributed by atoms with Crippen molar-refractivity contribution < 1.29 is 9.59 Å². The van der Waals surface area contributed by atoms with Crippen molar-refractivity contribution in [3.8, 4) is 0 Å². The lowest BCUT2D eigenvalue weighted by atomic mass is 9.81. The smallest absolute Gasteiger partial charge is 0.319 e. The van der Waals surface area contributed by atoms with Gasteiger partial charge in [0.05, 0.1) is 0 Å². The van der Waals surface area contributed by atoms with Crippen LogP contribution in [0, 0.1) is 11.8 Å². The zero-order valence-electron chi connectivity index (χ0n) is 19.9. The molecule has 6 heteroatoms. The molecule has 0 radical (unpaired) electrons. The summed E-state index contributed by atoms with van der Waals surface area (Å²) in [5.74, 6) is 0.900. The van der Waals surface area contributed by atoms with Crippen molar-refractivity contribution in [2.45, 2.75) is 64.2 Å². The third kappa shape index (κ3) is 5.72. The van der Waals surface area contributed by atoms with Crippen molar-refractivity contribution >= 4 is 23.4 Å². The zero-order chi connectivity index (χ0) is 23.3. The maximum Gasteiger partial charge on any atom is 0.319 e. The molecule has 0 aromatic heterocycles. The number of benzene rings is 2. The molecule has 5 rings (SSSR count). The first-order valence-corrected chi connectivity index (χ1v) is 13.0. The van der Waals surface area contributed by atoms with Gasteiger partial charge in [-0.1, -0.05) is 18.6 Å². The molecule has 0 bridgehead atoms. The van der Waals surface area contributed by atoms with Gasteiger partial charge in [0.1, 0.15) is 0 Å². The molecule has 180 valence electrons. The van der Waals surface area contributed by atoms with Gasteiger partial charge in [0.15, 0.2) is 0 Å². The van der Waals surface area contributed by atoms with Crippen LogP contribution in [0.4, 0.5) is 21.0 Å². The summed E-state index contributed by atoms with van der Waals surface area (Å²) in [4.78, 5) is 24.8. The Labute approximate surface area is 202 Å². The quantitative estimate of drug-likeness (QED) is 0.465. The summed E-state index contributed by atoms with van der Waals surface area (Å²) < 4.78 is 0. The Morgan fingerprint density at radius 2 is 1.12 bits per heavy atom. The second-order valence-electron chi connectivity index (χ2n) is 10.2. The van der Waals surface area contributed by atoms with E-state index in [9.17, 15) is 9.59 Å². The number of aryl methyl sites for hydroxylation is 4. The Morgan fingerprint density at radius 1 is 0.647 bits per heavy atom. The van der Waals surface area contributed by atoms with Crippen LogP contribution in [-0.2, 0) is 25.7 Å². The number of hydrogen-bond donors (Lipinski definition) is 4. The molecule has 3 aliphatic rings. The number of nitrogens with one attached hydrogen (secondary N) is 4. The molecule has 0 aliphatic heterocycles. The van der Waals surface area contributed by atoms with Gasteiger partial charge in [-0.15, -0.1) is 0 Å². The lowest BCUT2D eigenvalue weighted by Gasteiger charge is -2.29. The Hall–Kier alpha value is -3.02. The minimum atomic E-state index is -0.132. The molecule has 2 atom stereocenters. The molecule has 34 heavy (non-hydrogen) atoms. The molecule has 1 saturated carbocycles. The monoisotopic (exact) mass is 460 g/mol. The van der Waals surface area contributed by atoms with E-state index in [-0.39, 0.29) is 12.1 Å².